The van der Waals surface area contributed by atoms with Crippen LogP contribution >= 0.6 is 11.8 Å². The van der Waals surface area contributed by atoms with E-state index < -0.39 is 12.1 Å². The van der Waals surface area contributed by atoms with Crippen molar-refractivity contribution >= 4 is 22.9 Å². The number of hydrogen-bond acceptors (Lipinski definition) is 4. The van der Waals surface area contributed by atoms with Crippen molar-refractivity contribution in [3.63, 3.8) is 0 Å². The Morgan fingerprint density at radius 1 is 1.46 bits per heavy atom. The molecule has 1 aliphatic rings. The van der Waals surface area contributed by atoms with Crippen LogP contribution in [0.3, 0.4) is 0 Å². The lowest BCUT2D eigenvalue weighted by molar-refractivity contribution is -0.130. The summed E-state index contributed by atoms with van der Waals surface area (Å²) in [5.41, 5.74) is 0. The van der Waals surface area contributed by atoms with Crippen LogP contribution in [0.1, 0.15) is 20.3 Å². The normalized spacial score (nSPS) is 23.2. The molecule has 0 aromatic rings. The van der Waals surface area contributed by atoms with Crippen LogP contribution in [0.25, 0.3) is 0 Å². The number of aliphatic hydroxyl groups is 1. The van der Waals surface area contributed by atoms with E-state index in [1.165, 1.54) is 0 Å². The first-order valence-corrected chi connectivity index (χ1v) is 5.19. The molecule has 1 heterocycles. The number of thioether (sulfide) groups is 1. The van der Waals surface area contributed by atoms with Gasteiger partial charge >= 0.3 is 0 Å². The predicted molar refractivity (Wildman–Crippen MR) is 50.5 cm³/mol. The molecule has 1 saturated heterocycles. The zero-order valence-corrected chi connectivity index (χ0v) is 8.50. The number of carbonyl (C=O) groups excluding carboxylic acids is 2. The average Bonchev–Trinajstić information content (AvgIpc) is 2.03. The van der Waals surface area contributed by atoms with Crippen molar-refractivity contribution in [1.82, 2.24) is 4.90 Å². The van der Waals surface area contributed by atoms with Crippen LogP contribution in [-0.2, 0) is 4.79 Å². The molecule has 0 bridgehead atoms. The van der Waals surface area contributed by atoms with Gasteiger partial charge in [0.05, 0.1) is 12.1 Å². The van der Waals surface area contributed by atoms with Crippen molar-refractivity contribution < 1.29 is 14.7 Å². The minimum Gasteiger partial charge on any atom is -0.391 e. The summed E-state index contributed by atoms with van der Waals surface area (Å²) in [4.78, 5) is 23.8. The Kier molecular flexibility index (Phi) is 3.33. The molecule has 1 fully saturated rings. The van der Waals surface area contributed by atoms with Gasteiger partial charge in [-0.1, -0.05) is 11.8 Å². The summed E-state index contributed by atoms with van der Waals surface area (Å²) in [6.45, 7) is 3.25. The molecule has 4 nitrogen and oxygen atoms in total. The lowest BCUT2D eigenvalue weighted by Crippen LogP contribution is -2.48. The molecule has 2 amide bonds. The number of amides is 2. The topological polar surface area (TPSA) is 57.6 Å². The van der Waals surface area contributed by atoms with E-state index in [9.17, 15) is 14.7 Å². The van der Waals surface area contributed by atoms with E-state index in [1.807, 2.05) is 0 Å². The quantitative estimate of drug-likeness (QED) is 0.722. The van der Waals surface area contributed by atoms with Crippen molar-refractivity contribution in [2.75, 3.05) is 5.75 Å². The monoisotopic (exact) mass is 203 g/mol. The van der Waals surface area contributed by atoms with Gasteiger partial charge in [0, 0.05) is 12.2 Å². The smallest absolute Gasteiger partial charge is 0.288 e. The summed E-state index contributed by atoms with van der Waals surface area (Å²) >= 11 is 1.13. The second kappa shape index (κ2) is 4.11. The van der Waals surface area contributed by atoms with Gasteiger partial charge in [-0.25, -0.2) is 0 Å². The molecule has 0 radical (unpaired) electrons. The SMILES string of the molecule is CC(O)C(C)N1C(=O)CCSC1=O. The van der Waals surface area contributed by atoms with Crippen molar-refractivity contribution in [3.8, 4) is 0 Å². The Bertz CT molecular complexity index is 213. The van der Waals surface area contributed by atoms with Crippen LogP contribution in [0.5, 0.6) is 0 Å². The van der Waals surface area contributed by atoms with Crippen molar-refractivity contribution in [2.45, 2.75) is 32.4 Å². The maximum absolute atomic E-state index is 11.3. The van der Waals surface area contributed by atoms with Crippen LogP contribution in [0.15, 0.2) is 0 Å². The Balaban J connectivity index is 2.74. The summed E-state index contributed by atoms with van der Waals surface area (Å²) in [6, 6.07) is -0.423. The van der Waals surface area contributed by atoms with Gasteiger partial charge in [0.1, 0.15) is 0 Å². The molecule has 0 saturated carbocycles. The number of carbonyl (C=O) groups is 2. The first-order valence-electron chi connectivity index (χ1n) is 4.21. The average molecular weight is 203 g/mol. The summed E-state index contributed by atoms with van der Waals surface area (Å²) in [5, 5.41) is 9.01. The molecule has 5 heteroatoms. The van der Waals surface area contributed by atoms with Gasteiger partial charge in [-0.3, -0.25) is 14.5 Å². The Morgan fingerprint density at radius 3 is 2.54 bits per heavy atom. The largest absolute Gasteiger partial charge is 0.391 e. The maximum atomic E-state index is 11.3. The number of nitrogens with zero attached hydrogens (tertiary/aromatic N) is 1. The third-order valence-electron chi connectivity index (χ3n) is 2.11. The molecule has 13 heavy (non-hydrogen) atoms. The number of rotatable bonds is 2. The first-order chi connectivity index (χ1) is 6.04. The molecule has 1 rings (SSSR count). The Morgan fingerprint density at radius 2 is 2.08 bits per heavy atom. The third kappa shape index (κ3) is 2.22. The van der Waals surface area contributed by atoms with Crippen molar-refractivity contribution in [2.24, 2.45) is 0 Å². The Hall–Kier alpha value is -0.550. The molecule has 0 aromatic carbocycles. The lowest BCUT2D eigenvalue weighted by Gasteiger charge is -2.31. The highest BCUT2D eigenvalue weighted by atomic mass is 32.2. The third-order valence-corrected chi connectivity index (χ3v) is 2.96. The van der Waals surface area contributed by atoms with Crippen LogP contribution in [0.4, 0.5) is 4.79 Å². The number of hydrogen-bond donors (Lipinski definition) is 1. The second-order valence-corrected chi connectivity index (χ2v) is 4.16. The number of aliphatic hydroxyl groups excluding tert-OH is 1. The van der Waals surface area contributed by atoms with E-state index in [0.717, 1.165) is 16.7 Å². The standard InChI is InChI=1S/C8H13NO3S/c1-5(6(2)10)9-7(11)3-4-13-8(9)12/h5-6,10H,3-4H2,1-2H3. The summed E-state index contributed by atoms with van der Waals surface area (Å²) in [7, 11) is 0. The highest BCUT2D eigenvalue weighted by Crippen LogP contribution is 2.21. The molecule has 0 spiro atoms. The zero-order valence-electron chi connectivity index (χ0n) is 7.69. The van der Waals surface area contributed by atoms with Gasteiger partial charge in [0.15, 0.2) is 0 Å². The minimum atomic E-state index is -0.674. The lowest BCUT2D eigenvalue weighted by atomic mass is 10.2. The predicted octanol–water partition coefficient (Wildman–Crippen LogP) is 0.841. The van der Waals surface area contributed by atoms with Crippen LogP contribution in [0, 0.1) is 0 Å². The molecule has 74 valence electrons. The molecule has 1 N–H and O–H groups in total. The van der Waals surface area contributed by atoms with Gasteiger partial charge in [0.2, 0.25) is 5.91 Å². The molecule has 2 unspecified atom stereocenters. The zero-order chi connectivity index (χ0) is 10.0. The molecule has 0 aromatic heterocycles. The molecule has 2 atom stereocenters. The van der Waals surface area contributed by atoms with Gasteiger partial charge < -0.3 is 5.11 Å². The summed E-state index contributed by atoms with van der Waals surface area (Å²) in [5.74, 6) is 0.373. The summed E-state index contributed by atoms with van der Waals surface area (Å²) < 4.78 is 0. The van der Waals surface area contributed by atoms with Crippen molar-refractivity contribution in [3.05, 3.63) is 0 Å². The van der Waals surface area contributed by atoms with Crippen LogP contribution < -0.4 is 0 Å². The van der Waals surface area contributed by atoms with Gasteiger partial charge in [-0.15, -0.1) is 0 Å². The van der Waals surface area contributed by atoms with Gasteiger partial charge in [-0.2, -0.15) is 0 Å². The molecular weight excluding hydrogens is 190 g/mol. The van der Waals surface area contributed by atoms with E-state index in [4.69, 9.17) is 0 Å². The van der Waals surface area contributed by atoms with E-state index in [0.29, 0.717) is 12.2 Å². The van der Waals surface area contributed by atoms with E-state index in [-0.39, 0.29) is 11.1 Å². The van der Waals surface area contributed by atoms with E-state index >= 15 is 0 Å². The highest BCUT2D eigenvalue weighted by Gasteiger charge is 2.32. The van der Waals surface area contributed by atoms with E-state index in [2.05, 4.69) is 0 Å². The summed E-state index contributed by atoms with van der Waals surface area (Å²) in [6.07, 6.45) is -0.292. The fourth-order valence-electron chi connectivity index (χ4n) is 1.13. The Labute approximate surface area is 81.3 Å². The maximum Gasteiger partial charge on any atom is 0.288 e. The fraction of sp³-hybridized carbons (Fsp3) is 0.750. The molecule has 0 aliphatic carbocycles. The molecular formula is C8H13NO3S. The van der Waals surface area contributed by atoms with Gasteiger partial charge in [-0.05, 0) is 13.8 Å². The van der Waals surface area contributed by atoms with Crippen molar-refractivity contribution in [1.29, 1.82) is 0 Å². The second-order valence-electron chi connectivity index (χ2n) is 3.11. The first kappa shape index (κ1) is 10.5. The highest BCUT2D eigenvalue weighted by molar-refractivity contribution is 8.13. The van der Waals surface area contributed by atoms with Gasteiger partial charge in [0.25, 0.3) is 5.24 Å². The molecule has 1 aliphatic heterocycles. The van der Waals surface area contributed by atoms with E-state index in [1.54, 1.807) is 13.8 Å². The van der Waals surface area contributed by atoms with Crippen LogP contribution in [-0.4, -0.2) is 39.1 Å². The minimum absolute atomic E-state index is 0.183. The fourth-order valence-corrected chi connectivity index (χ4v) is 1.99. The number of imide groups is 1. The van der Waals surface area contributed by atoms with Crippen LogP contribution in [0.2, 0.25) is 0 Å².